The maximum Gasteiger partial charge on any atom is 0.147 e. The van der Waals surface area contributed by atoms with Crippen molar-refractivity contribution in [2.45, 2.75) is 72.3 Å². The van der Waals surface area contributed by atoms with E-state index in [1.807, 2.05) is 0 Å². The average molecular weight is 254 g/mol. The van der Waals surface area contributed by atoms with Crippen LogP contribution >= 0.6 is 0 Å². The van der Waals surface area contributed by atoms with Gasteiger partial charge in [0, 0.05) is 5.56 Å². The number of rotatable bonds is 11. The molecule has 0 N–H and O–H groups in total. The first-order chi connectivity index (χ1) is 8.60. The van der Waals surface area contributed by atoms with Crippen LogP contribution in [0.2, 0.25) is 0 Å². The average Bonchev–Trinajstić information content (AvgIpc) is 2.37. The highest BCUT2D eigenvalue weighted by Crippen LogP contribution is 2.23. The van der Waals surface area contributed by atoms with Crippen molar-refractivity contribution in [3.05, 3.63) is 0 Å². The first kappa shape index (κ1) is 18.0. The quantitative estimate of drug-likeness (QED) is 0.413. The van der Waals surface area contributed by atoms with E-state index >= 15 is 0 Å². The van der Waals surface area contributed by atoms with E-state index in [-0.39, 0.29) is 5.56 Å². The maximum absolute atomic E-state index is 2.71. The van der Waals surface area contributed by atoms with Gasteiger partial charge in [0.15, 0.2) is 0 Å². The summed E-state index contributed by atoms with van der Waals surface area (Å²) >= 11 is 0. The molecule has 108 valence electrons. The van der Waals surface area contributed by atoms with E-state index in [1.54, 1.807) is 0 Å². The van der Waals surface area contributed by atoms with Gasteiger partial charge in [-0.25, -0.2) is 0 Å². The van der Waals surface area contributed by atoms with E-state index in [4.69, 9.17) is 0 Å². The number of nitrogens with zero attached hydrogens (tertiary/aromatic N) is 2. The Hall–Kier alpha value is -0.0151. The van der Waals surface area contributed by atoms with E-state index in [0.717, 1.165) is 0 Å². The Morgan fingerprint density at radius 2 is 0.944 bits per heavy atom. The molecule has 2 nitrogen and oxygen atoms in total. The lowest BCUT2D eigenvalue weighted by molar-refractivity contribution is 0.00140. The van der Waals surface area contributed by atoms with Crippen LogP contribution in [-0.2, 0) is 0 Å². The molecule has 0 aromatic heterocycles. The molecular formula is C15H35BN2. The third-order valence-corrected chi connectivity index (χ3v) is 4.01. The van der Waals surface area contributed by atoms with Gasteiger partial charge in [0.2, 0.25) is 0 Å². The molecule has 0 aliphatic rings. The zero-order valence-electron chi connectivity index (χ0n) is 13.8. The molecule has 0 radical (unpaired) electrons. The minimum absolute atomic E-state index is 0.248. The van der Waals surface area contributed by atoms with Gasteiger partial charge < -0.3 is 0 Å². The van der Waals surface area contributed by atoms with Gasteiger partial charge in [-0.2, -0.15) is 0 Å². The standard InChI is InChI=1S/C15H35BN2/c1-6-11-17(12-7-2)15(16,10-5)18(13-8-3)14-9-4/h6-14,16H2,1-5H3. The highest BCUT2D eigenvalue weighted by molar-refractivity contribution is 6.14. The monoisotopic (exact) mass is 254 g/mol. The summed E-state index contributed by atoms with van der Waals surface area (Å²) in [5.74, 6) is 0. The molecule has 18 heavy (non-hydrogen) atoms. The Balaban J connectivity index is 4.96. The van der Waals surface area contributed by atoms with E-state index in [2.05, 4.69) is 52.3 Å². The van der Waals surface area contributed by atoms with Crippen LogP contribution in [0.15, 0.2) is 0 Å². The highest BCUT2D eigenvalue weighted by Gasteiger charge is 2.34. The molecule has 0 aliphatic heterocycles. The molecule has 0 aromatic carbocycles. The molecule has 0 saturated carbocycles. The topological polar surface area (TPSA) is 6.48 Å². The fraction of sp³-hybridized carbons (Fsp3) is 1.00. The summed E-state index contributed by atoms with van der Waals surface area (Å²) in [6.07, 6.45) is 6.22. The van der Waals surface area contributed by atoms with E-state index in [0.29, 0.717) is 0 Å². The normalized spacial score (nSPS) is 12.6. The van der Waals surface area contributed by atoms with Crippen LogP contribution in [0.4, 0.5) is 0 Å². The van der Waals surface area contributed by atoms with E-state index < -0.39 is 0 Å². The van der Waals surface area contributed by atoms with Gasteiger partial charge in [-0.1, -0.05) is 34.6 Å². The predicted octanol–water partition coefficient (Wildman–Crippen LogP) is 2.93. The van der Waals surface area contributed by atoms with Crippen molar-refractivity contribution in [3.63, 3.8) is 0 Å². The minimum Gasteiger partial charge on any atom is -0.293 e. The second-order valence-corrected chi connectivity index (χ2v) is 5.54. The van der Waals surface area contributed by atoms with Gasteiger partial charge in [-0.05, 0) is 58.3 Å². The zero-order valence-corrected chi connectivity index (χ0v) is 13.8. The van der Waals surface area contributed by atoms with Crippen LogP contribution in [0.3, 0.4) is 0 Å². The van der Waals surface area contributed by atoms with Crippen molar-refractivity contribution in [1.82, 2.24) is 9.80 Å². The number of hydrogen-bond donors (Lipinski definition) is 0. The largest absolute Gasteiger partial charge is 0.293 e. The smallest absolute Gasteiger partial charge is 0.147 e. The summed E-state index contributed by atoms with van der Waals surface area (Å²) in [5.41, 5.74) is 0.248. The fourth-order valence-corrected chi connectivity index (χ4v) is 2.91. The maximum atomic E-state index is 2.71. The third kappa shape index (κ3) is 4.93. The Morgan fingerprint density at radius 3 is 1.11 bits per heavy atom. The van der Waals surface area contributed by atoms with Crippen molar-refractivity contribution < 1.29 is 0 Å². The second kappa shape index (κ2) is 9.86. The van der Waals surface area contributed by atoms with Gasteiger partial charge in [0.1, 0.15) is 7.85 Å². The summed E-state index contributed by atoms with van der Waals surface area (Å²) in [6, 6.07) is 0. The Labute approximate surface area is 117 Å². The van der Waals surface area contributed by atoms with Gasteiger partial charge in [-0.15, -0.1) is 0 Å². The lowest BCUT2D eigenvalue weighted by Gasteiger charge is -2.49. The highest BCUT2D eigenvalue weighted by atomic mass is 15.4. The van der Waals surface area contributed by atoms with Crippen molar-refractivity contribution >= 4 is 7.85 Å². The Morgan fingerprint density at radius 1 is 0.667 bits per heavy atom. The van der Waals surface area contributed by atoms with Crippen LogP contribution in [-0.4, -0.2) is 49.4 Å². The summed E-state index contributed by atoms with van der Waals surface area (Å²) in [4.78, 5) is 5.41. The molecule has 0 aliphatic carbocycles. The lowest BCUT2D eigenvalue weighted by atomic mass is 9.80. The molecule has 3 heteroatoms. The van der Waals surface area contributed by atoms with Gasteiger partial charge in [-0.3, -0.25) is 9.80 Å². The molecule has 0 saturated heterocycles. The third-order valence-electron chi connectivity index (χ3n) is 4.01. The molecule has 0 bridgehead atoms. The summed E-state index contributed by atoms with van der Waals surface area (Å²) in [5, 5.41) is 0. The SMILES string of the molecule is BC(CC)(N(CCC)CCC)N(CCC)CCC. The molecule has 0 spiro atoms. The molecule has 0 heterocycles. The van der Waals surface area contributed by atoms with Crippen LogP contribution in [0, 0.1) is 0 Å². The Kier molecular flexibility index (Phi) is 9.85. The van der Waals surface area contributed by atoms with Gasteiger partial charge in [0.05, 0.1) is 0 Å². The van der Waals surface area contributed by atoms with Crippen molar-refractivity contribution in [3.8, 4) is 0 Å². The number of hydrogen-bond acceptors (Lipinski definition) is 2. The molecule has 0 aromatic rings. The molecule has 0 unspecified atom stereocenters. The second-order valence-electron chi connectivity index (χ2n) is 5.54. The molecule has 0 fully saturated rings. The summed E-state index contributed by atoms with van der Waals surface area (Å²) < 4.78 is 0. The van der Waals surface area contributed by atoms with Crippen LogP contribution in [0.25, 0.3) is 0 Å². The minimum atomic E-state index is 0.248. The lowest BCUT2D eigenvalue weighted by Crippen LogP contribution is -2.61. The van der Waals surface area contributed by atoms with Crippen molar-refractivity contribution in [1.29, 1.82) is 0 Å². The first-order valence-corrected chi connectivity index (χ1v) is 8.10. The summed E-state index contributed by atoms with van der Waals surface area (Å²) in [6.45, 7) is 16.4. The molecule has 0 amide bonds. The molecule has 0 atom stereocenters. The van der Waals surface area contributed by atoms with Crippen LogP contribution < -0.4 is 0 Å². The van der Waals surface area contributed by atoms with Crippen LogP contribution in [0.5, 0.6) is 0 Å². The molecular weight excluding hydrogens is 219 g/mol. The fourth-order valence-electron chi connectivity index (χ4n) is 2.91. The van der Waals surface area contributed by atoms with Gasteiger partial charge in [0.25, 0.3) is 0 Å². The predicted molar refractivity (Wildman–Crippen MR) is 85.9 cm³/mol. The van der Waals surface area contributed by atoms with E-state index in [9.17, 15) is 0 Å². The summed E-state index contributed by atoms with van der Waals surface area (Å²) in [7, 11) is 2.45. The zero-order chi connectivity index (χ0) is 14.0. The van der Waals surface area contributed by atoms with Crippen molar-refractivity contribution in [2.75, 3.05) is 26.2 Å². The van der Waals surface area contributed by atoms with Crippen LogP contribution in [0.1, 0.15) is 66.7 Å². The van der Waals surface area contributed by atoms with E-state index in [1.165, 1.54) is 58.3 Å². The van der Waals surface area contributed by atoms with Gasteiger partial charge >= 0.3 is 0 Å². The Bertz CT molecular complexity index is 169. The first-order valence-electron chi connectivity index (χ1n) is 8.10. The molecule has 0 rings (SSSR count). The van der Waals surface area contributed by atoms with Crippen molar-refractivity contribution in [2.24, 2.45) is 0 Å².